The standard InChI is InChI=1S/C18H18ClN5O/c1-3-25-16-7-5-4-6-14(16)21-17-11-20-24-18(23-17)22-15-10-13(19)9-8-12(15)2/h4-11H,3H2,1-2H3,(H2,21,22,23,24). The molecule has 1 heterocycles. The quantitative estimate of drug-likeness (QED) is 0.666. The third kappa shape index (κ3) is 4.36. The molecule has 2 N–H and O–H groups in total. The summed E-state index contributed by atoms with van der Waals surface area (Å²) in [5.74, 6) is 1.69. The predicted octanol–water partition coefficient (Wildman–Crippen LogP) is 4.72. The number of aryl methyl sites for hydroxylation is 1. The van der Waals surface area contributed by atoms with Crippen molar-refractivity contribution in [3.05, 3.63) is 59.2 Å². The van der Waals surface area contributed by atoms with Gasteiger partial charge in [0, 0.05) is 10.7 Å². The fourth-order valence-corrected chi connectivity index (χ4v) is 2.43. The summed E-state index contributed by atoms with van der Waals surface area (Å²) in [6.07, 6.45) is 1.55. The largest absolute Gasteiger partial charge is 0.492 e. The molecule has 0 atom stereocenters. The Bertz CT molecular complexity index is 872. The summed E-state index contributed by atoms with van der Waals surface area (Å²) < 4.78 is 5.61. The van der Waals surface area contributed by atoms with E-state index in [9.17, 15) is 0 Å². The number of ether oxygens (including phenoxy) is 1. The van der Waals surface area contributed by atoms with Gasteiger partial charge in [-0.05, 0) is 43.7 Å². The molecular formula is C18H18ClN5O. The Hall–Kier alpha value is -2.86. The normalized spacial score (nSPS) is 10.4. The van der Waals surface area contributed by atoms with Gasteiger partial charge in [-0.15, -0.1) is 5.10 Å². The number of aromatic nitrogens is 3. The lowest BCUT2D eigenvalue weighted by Gasteiger charge is -2.12. The number of benzene rings is 2. The number of hydrogen-bond donors (Lipinski definition) is 2. The summed E-state index contributed by atoms with van der Waals surface area (Å²) in [4.78, 5) is 4.44. The lowest BCUT2D eigenvalue weighted by atomic mass is 10.2. The van der Waals surface area contributed by atoms with E-state index in [4.69, 9.17) is 16.3 Å². The summed E-state index contributed by atoms with van der Waals surface area (Å²) >= 11 is 6.05. The average molecular weight is 356 g/mol. The van der Waals surface area contributed by atoms with Gasteiger partial charge >= 0.3 is 0 Å². The Balaban J connectivity index is 1.81. The Morgan fingerprint density at radius 1 is 1.08 bits per heavy atom. The fraction of sp³-hybridized carbons (Fsp3) is 0.167. The van der Waals surface area contributed by atoms with Crippen LogP contribution in [0, 0.1) is 6.92 Å². The monoisotopic (exact) mass is 355 g/mol. The molecule has 0 fully saturated rings. The van der Waals surface area contributed by atoms with Crippen LogP contribution in [0.25, 0.3) is 0 Å². The molecule has 0 bridgehead atoms. The number of nitrogens with zero attached hydrogens (tertiary/aromatic N) is 3. The highest BCUT2D eigenvalue weighted by molar-refractivity contribution is 6.30. The van der Waals surface area contributed by atoms with Gasteiger partial charge in [-0.2, -0.15) is 10.1 Å². The van der Waals surface area contributed by atoms with E-state index >= 15 is 0 Å². The van der Waals surface area contributed by atoms with Crippen LogP contribution < -0.4 is 15.4 Å². The van der Waals surface area contributed by atoms with Crippen molar-refractivity contribution in [3.8, 4) is 5.75 Å². The Morgan fingerprint density at radius 2 is 1.92 bits per heavy atom. The second kappa shape index (κ2) is 7.81. The van der Waals surface area contributed by atoms with Crippen LogP contribution in [-0.2, 0) is 0 Å². The van der Waals surface area contributed by atoms with Crippen LogP contribution in [0.15, 0.2) is 48.7 Å². The van der Waals surface area contributed by atoms with Crippen LogP contribution in [0.4, 0.5) is 23.1 Å². The highest BCUT2D eigenvalue weighted by Crippen LogP contribution is 2.27. The number of para-hydroxylation sites is 2. The molecule has 0 aliphatic rings. The molecule has 7 heteroatoms. The van der Waals surface area contributed by atoms with E-state index in [1.165, 1.54) is 0 Å². The first-order chi connectivity index (χ1) is 12.2. The number of nitrogens with one attached hydrogen (secondary N) is 2. The maximum Gasteiger partial charge on any atom is 0.249 e. The topological polar surface area (TPSA) is 72.0 Å². The lowest BCUT2D eigenvalue weighted by molar-refractivity contribution is 0.342. The van der Waals surface area contributed by atoms with Gasteiger partial charge in [0.2, 0.25) is 5.95 Å². The summed E-state index contributed by atoms with van der Waals surface area (Å²) in [6.45, 7) is 4.51. The molecule has 3 rings (SSSR count). The van der Waals surface area contributed by atoms with Gasteiger partial charge in [-0.3, -0.25) is 0 Å². The molecule has 0 spiro atoms. The van der Waals surface area contributed by atoms with E-state index < -0.39 is 0 Å². The Kier molecular flexibility index (Phi) is 5.30. The molecule has 0 unspecified atom stereocenters. The zero-order valence-corrected chi connectivity index (χ0v) is 14.7. The first-order valence-electron chi connectivity index (χ1n) is 7.87. The van der Waals surface area contributed by atoms with Crippen molar-refractivity contribution >= 4 is 34.7 Å². The Labute approximate surface area is 151 Å². The van der Waals surface area contributed by atoms with Crippen LogP contribution in [-0.4, -0.2) is 21.8 Å². The summed E-state index contributed by atoms with van der Waals surface area (Å²) in [7, 11) is 0. The van der Waals surface area contributed by atoms with Gasteiger partial charge in [0.15, 0.2) is 5.82 Å². The smallest absolute Gasteiger partial charge is 0.249 e. The van der Waals surface area contributed by atoms with Crippen molar-refractivity contribution < 1.29 is 4.74 Å². The van der Waals surface area contributed by atoms with Gasteiger partial charge in [-0.1, -0.05) is 29.8 Å². The molecule has 128 valence electrons. The highest BCUT2D eigenvalue weighted by atomic mass is 35.5. The Morgan fingerprint density at radius 3 is 2.76 bits per heavy atom. The first kappa shape index (κ1) is 17.0. The van der Waals surface area contributed by atoms with E-state index in [1.54, 1.807) is 6.20 Å². The van der Waals surface area contributed by atoms with Crippen LogP contribution >= 0.6 is 11.6 Å². The molecular weight excluding hydrogens is 338 g/mol. The highest BCUT2D eigenvalue weighted by Gasteiger charge is 2.07. The SMILES string of the molecule is CCOc1ccccc1Nc1cnnc(Nc2cc(Cl)ccc2C)n1. The minimum Gasteiger partial charge on any atom is -0.492 e. The zero-order valence-electron chi connectivity index (χ0n) is 14.0. The maximum absolute atomic E-state index is 6.05. The minimum absolute atomic E-state index is 0.379. The van der Waals surface area contributed by atoms with E-state index in [1.807, 2.05) is 56.3 Å². The van der Waals surface area contributed by atoms with Gasteiger partial charge in [0.1, 0.15) is 5.75 Å². The van der Waals surface area contributed by atoms with Crippen molar-refractivity contribution in [2.75, 3.05) is 17.2 Å². The number of hydrogen-bond acceptors (Lipinski definition) is 6. The van der Waals surface area contributed by atoms with Crippen molar-refractivity contribution in [2.45, 2.75) is 13.8 Å². The second-order valence-electron chi connectivity index (χ2n) is 5.30. The molecule has 6 nitrogen and oxygen atoms in total. The van der Waals surface area contributed by atoms with Crippen LogP contribution in [0.3, 0.4) is 0 Å². The molecule has 0 radical (unpaired) electrons. The van der Waals surface area contributed by atoms with E-state index in [0.717, 1.165) is 22.7 Å². The average Bonchev–Trinajstić information content (AvgIpc) is 2.60. The number of rotatable bonds is 6. The van der Waals surface area contributed by atoms with E-state index in [2.05, 4.69) is 25.8 Å². The zero-order chi connectivity index (χ0) is 17.6. The summed E-state index contributed by atoms with van der Waals surface area (Å²) in [5.41, 5.74) is 2.68. The molecule has 0 amide bonds. The number of halogens is 1. The molecule has 2 aromatic carbocycles. The lowest BCUT2D eigenvalue weighted by Crippen LogP contribution is -2.04. The third-order valence-corrected chi connectivity index (χ3v) is 3.69. The molecule has 3 aromatic rings. The van der Waals surface area contributed by atoms with Gasteiger partial charge in [-0.25, -0.2) is 0 Å². The first-order valence-corrected chi connectivity index (χ1v) is 8.25. The van der Waals surface area contributed by atoms with Gasteiger partial charge in [0.25, 0.3) is 0 Å². The molecule has 0 aliphatic heterocycles. The van der Waals surface area contributed by atoms with Crippen LogP contribution in [0.1, 0.15) is 12.5 Å². The van der Waals surface area contributed by atoms with Crippen molar-refractivity contribution in [2.24, 2.45) is 0 Å². The predicted molar refractivity (Wildman–Crippen MR) is 100 cm³/mol. The molecule has 0 aliphatic carbocycles. The molecule has 1 aromatic heterocycles. The minimum atomic E-state index is 0.379. The fourth-order valence-electron chi connectivity index (χ4n) is 2.26. The maximum atomic E-state index is 6.05. The van der Waals surface area contributed by atoms with Crippen molar-refractivity contribution in [3.63, 3.8) is 0 Å². The van der Waals surface area contributed by atoms with Gasteiger partial charge in [0.05, 0.1) is 18.5 Å². The third-order valence-electron chi connectivity index (χ3n) is 3.45. The van der Waals surface area contributed by atoms with Crippen molar-refractivity contribution in [1.29, 1.82) is 0 Å². The summed E-state index contributed by atoms with van der Waals surface area (Å²) in [5, 5.41) is 15.0. The van der Waals surface area contributed by atoms with E-state index in [0.29, 0.717) is 23.4 Å². The van der Waals surface area contributed by atoms with Gasteiger partial charge < -0.3 is 15.4 Å². The van der Waals surface area contributed by atoms with Crippen molar-refractivity contribution in [1.82, 2.24) is 15.2 Å². The number of anilines is 4. The molecule has 0 saturated heterocycles. The summed E-state index contributed by atoms with van der Waals surface area (Å²) in [6, 6.07) is 13.3. The van der Waals surface area contributed by atoms with Crippen LogP contribution in [0.2, 0.25) is 5.02 Å². The molecule has 0 saturated carbocycles. The van der Waals surface area contributed by atoms with Crippen LogP contribution in [0.5, 0.6) is 5.75 Å². The second-order valence-corrected chi connectivity index (χ2v) is 5.74. The molecule has 25 heavy (non-hydrogen) atoms. The van der Waals surface area contributed by atoms with E-state index in [-0.39, 0.29) is 0 Å².